The van der Waals surface area contributed by atoms with Gasteiger partial charge in [-0.2, -0.15) is 13.2 Å². The first-order valence-corrected chi connectivity index (χ1v) is 7.15. The second-order valence-corrected chi connectivity index (χ2v) is 5.36. The van der Waals surface area contributed by atoms with E-state index in [9.17, 15) is 18.0 Å². The van der Waals surface area contributed by atoms with Crippen LogP contribution >= 0.6 is 0 Å². The summed E-state index contributed by atoms with van der Waals surface area (Å²) in [4.78, 5) is 14.2. The highest BCUT2D eigenvalue weighted by Crippen LogP contribution is 2.25. The number of carboxylic acid groups (broad SMARTS) is 1. The monoisotopic (exact) mass is 332 g/mol. The number of hydrogen-bond acceptors (Lipinski definition) is 4. The third-order valence-corrected chi connectivity index (χ3v) is 3.64. The van der Waals surface area contributed by atoms with Gasteiger partial charge in [0.15, 0.2) is 0 Å². The average molecular weight is 332 g/mol. The lowest BCUT2D eigenvalue weighted by Crippen LogP contribution is -2.48. The second kappa shape index (κ2) is 6.95. The van der Waals surface area contributed by atoms with E-state index in [0.717, 1.165) is 5.69 Å². The molecule has 128 valence electrons. The quantitative estimate of drug-likeness (QED) is 0.732. The average Bonchev–Trinajstić information content (AvgIpc) is 2.46. The van der Waals surface area contributed by atoms with Gasteiger partial charge in [0.2, 0.25) is 0 Å². The van der Waals surface area contributed by atoms with Crippen LogP contribution in [0.2, 0.25) is 0 Å². The number of nitrogens with one attached hydrogen (secondary N) is 1. The van der Waals surface area contributed by atoms with Gasteiger partial charge in [0.1, 0.15) is 0 Å². The Kier molecular flexibility index (Phi) is 5.19. The number of nitrogen functional groups attached to an aromatic ring is 1. The number of rotatable bonds is 4. The van der Waals surface area contributed by atoms with E-state index in [1.165, 1.54) is 4.90 Å². The van der Waals surface area contributed by atoms with E-state index in [-0.39, 0.29) is 6.54 Å². The number of benzene rings is 1. The largest absolute Gasteiger partial charge is 0.465 e. The van der Waals surface area contributed by atoms with Gasteiger partial charge in [0.05, 0.1) is 6.54 Å². The van der Waals surface area contributed by atoms with E-state index in [2.05, 4.69) is 5.32 Å². The van der Waals surface area contributed by atoms with E-state index >= 15 is 0 Å². The van der Waals surface area contributed by atoms with Crippen molar-refractivity contribution < 1.29 is 23.1 Å². The second-order valence-electron chi connectivity index (χ2n) is 5.36. The summed E-state index contributed by atoms with van der Waals surface area (Å²) in [5.74, 6) is 0. The molecule has 0 atom stereocenters. The van der Waals surface area contributed by atoms with Crippen LogP contribution < -0.4 is 16.0 Å². The number of piperazine rings is 1. The summed E-state index contributed by atoms with van der Waals surface area (Å²) in [7, 11) is 0. The smallest absolute Gasteiger partial charge is 0.407 e. The third-order valence-electron chi connectivity index (χ3n) is 3.64. The predicted molar refractivity (Wildman–Crippen MR) is 80.4 cm³/mol. The van der Waals surface area contributed by atoms with Crippen LogP contribution in [0.3, 0.4) is 0 Å². The number of alkyl halides is 3. The zero-order chi connectivity index (χ0) is 17.0. The zero-order valence-electron chi connectivity index (χ0n) is 12.4. The fourth-order valence-corrected chi connectivity index (χ4v) is 2.53. The molecular weight excluding hydrogens is 313 g/mol. The first-order chi connectivity index (χ1) is 10.8. The van der Waals surface area contributed by atoms with E-state index < -0.39 is 18.8 Å². The Bertz CT molecular complexity index is 557. The van der Waals surface area contributed by atoms with Crippen molar-refractivity contribution in [3.63, 3.8) is 0 Å². The number of hydrogen-bond donors (Lipinski definition) is 3. The Labute approximate surface area is 131 Å². The van der Waals surface area contributed by atoms with Crippen LogP contribution in [0.25, 0.3) is 0 Å². The summed E-state index contributed by atoms with van der Waals surface area (Å²) in [5, 5.41) is 11.3. The van der Waals surface area contributed by atoms with E-state index in [4.69, 9.17) is 10.8 Å². The van der Waals surface area contributed by atoms with E-state index in [1.54, 1.807) is 18.2 Å². The van der Waals surface area contributed by atoms with Gasteiger partial charge in [-0.3, -0.25) is 0 Å². The number of nitrogens with zero attached hydrogens (tertiary/aromatic N) is 2. The molecule has 4 N–H and O–H groups in total. The molecule has 0 radical (unpaired) electrons. The zero-order valence-corrected chi connectivity index (χ0v) is 12.4. The lowest BCUT2D eigenvalue weighted by molar-refractivity contribution is -0.125. The van der Waals surface area contributed by atoms with Gasteiger partial charge in [-0.1, -0.05) is 0 Å². The highest BCUT2D eigenvalue weighted by molar-refractivity contribution is 5.66. The summed E-state index contributed by atoms with van der Waals surface area (Å²) in [6, 6.07) is 5.09. The van der Waals surface area contributed by atoms with Crippen molar-refractivity contribution >= 4 is 17.5 Å². The fourth-order valence-electron chi connectivity index (χ4n) is 2.53. The summed E-state index contributed by atoms with van der Waals surface area (Å²) in [5.41, 5.74) is 7.64. The standard InChI is InChI=1S/C14H19F3N4O2/c15-14(16,17)9-19-8-10-7-11(18)1-2-12(10)20-3-5-21(6-4-20)13(22)23/h1-2,7,19H,3-6,8-9,18H2,(H,22,23). The van der Waals surface area contributed by atoms with Crippen molar-refractivity contribution in [2.75, 3.05) is 43.4 Å². The Hall–Kier alpha value is -2.16. The lowest BCUT2D eigenvalue weighted by Gasteiger charge is -2.35. The number of anilines is 2. The van der Waals surface area contributed by atoms with Gasteiger partial charge in [0, 0.05) is 44.1 Å². The molecule has 0 saturated carbocycles. The summed E-state index contributed by atoms with van der Waals surface area (Å²) < 4.78 is 36.8. The Morgan fingerprint density at radius 1 is 1.26 bits per heavy atom. The molecule has 2 rings (SSSR count). The van der Waals surface area contributed by atoms with Crippen LogP contribution in [0.4, 0.5) is 29.3 Å². The SMILES string of the molecule is Nc1ccc(N2CCN(C(=O)O)CC2)c(CNCC(F)(F)F)c1. The Morgan fingerprint density at radius 3 is 2.48 bits per heavy atom. The maximum atomic E-state index is 12.3. The molecule has 23 heavy (non-hydrogen) atoms. The van der Waals surface area contributed by atoms with Gasteiger partial charge >= 0.3 is 12.3 Å². The van der Waals surface area contributed by atoms with Crippen molar-refractivity contribution in [3.05, 3.63) is 23.8 Å². The summed E-state index contributed by atoms with van der Waals surface area (Å²) in [6.07, 6.45) is -5.23. The predicted octanol–water partition coefficient (Wildman–Crippen LogP) is 1.72. The van der Waals surface area contributed by atoms with Crippen LogP contribution in [0.1, 0.15) is 5.56 Å². The number of amides is 1. The topological polar surface area (TPSA) is 81.8 Å². The van der Waals surface area contributed by atoms with Gasteiger partial charge in [-0.05, 0) is 23.8 Å². The van der Waals surface area contributed by atoms with Crippen LogP contribution in [0.15, 0.2) is 18.2 Å². The molecule has 1 aliphatic rings. The molecule has 1 amide bonds. The minimum atomic E-state index is -4.27. The van der Waals surface area contributed by atoms with Crippen molar-refractivity contribution in [1.82, 2.24) is 10.2 Å². The summed E-state index contributed by atoms with van der Waals surface area (Å²) in [6.45, 7) is 0.655. The van der Waals surface area contributed by atoms with Crippen molar-refractivity contribution in [2.45, 2.75) is 12.7 Å². The van der Waals surface area contributed by atoms with Gasteiger partial charge < -0.3 is 26.0 Å². The van der Waals surface area contributed by atoms with Crippen molar-refractivity contribution in [2.24, 2.45) is 0 Å². The molecule has 0 spiro atoms. The molecule has 0 bridgehead atoms. The Morgan fingerprint density at radius 2 is 1.91 bits per heavy atom. The molecule has 1 fully saturated rings. The maximum Gasteiger partial charge on any atom is 0.407 e. The maximum absolute atomic E-state index is 12.3. The molecule has 1 saturated heterocycles. The van der Waals surface area contributed by atoms with Gasteiger partial charge in [-0.15, -0.1) is 0 Å². The molecule has 0 unspecified atom stereocenters. The molecule has 1 heterocycles. The number of carbonyl (C=O) groups is 1. The van der Waals surface area contributed by atoms with Crippen molar-refractivity contribution in [1.29, 1.82) is 0 Å². The minimum Gasteiger partial charge on any atom is -0.465 e. The molecule has 1 aromatic rings. The molecule has 1 aliphatic heterocycles. The highest BCUT2D eigenvalue weighted by atomic mass is 19.4. The van der Waals surface area contributed by atoms with Crippen LogP contribution in [-0.4, -0.2) is 55.0 Å². The molecular formula is C14H19F3N4O2. The van der Waals surface area contributed by atoms with Gasteiger partial charge in [-0.25, -0.2) is 4.79 Å². The first-order valence-electron chi connectivity index (χ1n) is 7.15. The van der Waals surface area contributed by atoms with Crippen LogP contribution in [0, 0.1) is 0 Å². The third kappa shape index (κ3) is 4.92. The highest BCUT2D eigenvalue weighted by Gasteiger charge is 2.27. The molecule has 1 aromatic carbocycles. The Balaban J connectivity index is 2.05. The molecule has 0 aromatic heterocycles. The number of nitrogens with two attached hydrogens (primary N) is 1. The van der Waals surface area contributed by atoms with Gasteiger partial charge in [0.25, 0.3) is 0 Å². The number of halogens is 3. The summed E-state index contributed by atoms with van der Waals surface area (Å²) >= 11 is 0. The van der Waals surface area contributed by atoms with Crippen molar-refractivity contribution in [3.8, 4) is 0 Å². The molecule has 6 nitrogen and oxygen atoms in total. The minimum absolute atomic E-state index is 0.0407. The van der Waals surface area contributed by atoms with E-state index in [1.807, 2.05) is 4.90 Å². The lowest BCUT2D eigenvalue weighted by atomic mass is 10.1. The fraction of sp³-hybridized carbons (Fsp3) is 0.500. The first kappa shape index (κ1) is 17.2. The van der Waals surface area contributed by atoms with Crippen LogP contribution in [0.5, 0.6) is 0 Å². The molecule has 9 heteroatoms. The van der Waals surface area contributed by atoms with Crippen LogP contribution in [-0.2, 0) is 6.54 Å². The normalized spacial score (nSPS) is 15.8. The molecule has 0 aliphatic carbocycles. The van der Waals surface area contributed by atoms with E-state index in [0.29, 0.717) is 37.4 Å².